The summed E-state index contributed by atoms with van der Waals surface area (Å²) in [6.45, 7) is 3.50. The number of thiazole rings is 1. The Bertz CT molecular complexity index is 801. The number of nitrogens with one attached hydrogen (secondary N) is 1. The molecule has 1 aromatic carbocycles. The van der Waals surface area contributed by atoms with Crippen LogP contribution in [0, 0.1) is 0 Å². The lowest BCUT2D eigenvalue weighted by molar-refractivity contribution is 0.109. The zero-order valence-corrected chi connectivity index (χ0v) is 12.9. The number of H-pyrrole nitrogens is 1. The SMILES string of the molecule is c1ccc2sc(N3CC(c4n[nH]c5c4COCC5)C3)nc2c1. The van der Waals surface area contributed by atoms with E-state index in [4.69, 9.17) is 9.72 Å². The Kier molecular flexibility index (Phi) is 2.75. The molecule has 0 radical (unpaired) electrons. The average Bonchev–Trinajstić information content (AvgIpc) is 3.10. The van der Waals surface area contributed by atoms with Gasteiger partial charge in [-0.3, -0.25) is 5.10 Å². The summed E-state index contributed by atoms with van der Waals surface area (Å²) >= 11 is 1.77. The van der Waals surface area contributed by atoms with Crippen LogP contribution in [0.5, 0.6) is 0 Å². The second-order valence-corrected chi connectivity index (χ2v) is 6.94. The molecule has 0 saturated carbocycles. The number of para-hydroxylation sites is 1. The van der Waals surface area contributed by atoms with Crippen molar-refractivity contribution in [2.45, 2.75) is 18.9 Å². The van der Waals surface area contributed by atoms with Gasteiger partial charge in [-0.05, 0) is 12.1 Å². The first kappa shape index (κ1) is 12.6. The van der Waals surface area contributed by atoms with Crippen LogP contribution >= 0.6 is 11.3 Å². The van der Waals surface area contributed by atoms with Gasteiger partial charge < -0.3 is 9.64 Å². The lowest BCUT2D eigenvalue weighted by Crippen LogP contribution is -2.45. The molecule has 2 aliphatic heterocycles. The van der Waals surface area contributed by atoms with Crippen LogP contribution in [0.2, 0.25) is 0 Å². The topological polar surface area (TPSA) is 54.0 Å². The summed E-state index contributed by atoms with van der Waals surface area (Å²) in [5.41, 5.74) is 4.85. The maximum atomic E-state index is 5.58. The predicted octanol–water partition coefficient (Wildman–Crippen LogP) is 2.70. The molecular weight excluding hydrogens is 296 g/mol. The highest BCUT2D eigenvalue weighted by Gasteiger charge is 2.34. The number of fused-ring (bicyclic) bond motifs is 2. The average molecular weight is 312 g/mol. The van der Waals surface area contributed by atoms with Gasteiger partial charge in [0, 0.05) is 36.7 Å². The molecule has 2 aliphatic rings. The van der Waals surface area contributed by atoms with Gasteiger partial charge in [0.25, 0.3) is 0 Å². The van der Waals surface area contributed by atoms with E-state index in [1.54, 1.807) is 11.3 Å². The van der Waals surface area contributed by atoms with Crippen LogP contribution in [0.4, 0.5) is 5.13 Å². The highest BCUT2D eigenvalue weighted by atomic mass is 32.1. The summed E-state index contributed by atoms with van der Waals surface area (Å²) in [5.74, 6) is 0.494. The molecule has 112 valence electrons. The van der Waals surface area contributed by atoms with Gasteiger partial charge in [0.15, 0.2) is 5.13 Å². The van der Waals surface area contributed by atoms with Crippen molar-refractivity contribution in [1.82, 2.24) is 15.2 Å². The van der Waals surface area contributed by atoms with Crippen LogP contribution in [-0.4, -0.2) is 34.9 Å². The van der Waals surface area contributed by atoms with E-state index in [2.05, 4.69) is 33.3 Å². The molecule has 2 aromatic heterocycles. The number of aromatic nitrogens is 3. The summed E-state index contributed by atoms with van der Waals surface area (Å²) < 4.78 is 6.84. The number of aromatic amines is 1. The highest BCUT2D eigenvalue weighted by molar-refractivity contribution is 7.22. The third kappa shape index (κ3) is 1.87. The maximum Gasteiger partial charge on any atom is 0.186 e. The van der Waals surface area contributed by atoms with Crippen LogP contribution < -0.4 is 4.90 Å². The third-order valence-corrected chi connectivity index (χ3v) is 5.65. The van der Waals surface area contributed by atoms with E-state index in [1.165, 1.54) is 21.7 Å². The fourth-order valence-electron chi connectivity index (χ4n) is 3.27. The summed E-state index contributed by atoms with van der Waals surface area (Å²) in [6, 6.07) is 8.32. The molecule has 1 fully saturated rings. The smallest absolute Gasteiger partial charge is 0.186 e. The van der Waals surface area contributed by atoms with E-state index in [9.17, 15) is 0 Å². The molecule has 1 N–H and O–H groups in total. The summed E-state index contributed by atoms with van der Waals surface area (Å²) in [5, 5.41) is 8.86. The fourth-order valence-corrected chi connectivity index (χ4v) is 4.26. The predicted molar refractivity (Wildman–Crippen MR) is 86.5 cm³/mol. The van der Waals surface area contributed by atoms with E-state index in [-0.39, 0.29) is 0 Å². The van der Waals surface area contributed by atoms with E-state index < -0.39 is 0 Å². The standard InChI is InChI=1S/C16H16N4OS/c1-2-4-14-13(3-1)17-16(22-14)20-7-10(8-20)15-11-9-21-6-5-12(11)18-19-15/h1-4,10H,5-9H2,(H,18,19). The second-order valence-electron chi connectivity index (χ2n) is 5.93. The van der Waals surface area contributed by atoms with Gasteiger partial charge in [-0.1, -0.05) is 23.5 Å². The van der Waals surface area contributed by atoms with Gasteiger partial charge in [-0.15, -0.1) is 0 Å². The molecule has 22 heavy (non-hydrogen) atoms. The molecule has 0 aliphatic carbocycles. The number of rotatable bonds is 2. The molecule has 6 heteroatoms. The molecule has 0 spiro atoms. The number of hydrogen-bond donors (Lipinski definition) is 1. The van der Waals surface area contributed by atoms with Crippen molar-refractivity contribution in [2.75, 3.05) is 24.6 Å². The molecule has 4 heterocycles. The molecule has 0 bridgehead atoms. The van der Waals surface area contributed by atoms with Crippen molar-refractivity contribution in [2.24, 2.45) is 0 Å². The van der Waals surface area contributed by atoms with Gasteiger partial charge in [0.1, 0.15) is 0 Å². The lowest BCUT2D eigenvalue weighted by Gasteiger charge is -2.38. The van der Waals surface area contributed by atoms with Crippen molar-refractivity contribution in [3.05, 3.63) is 41.2 Å². The largest absolute Gasteiger partial charge is 0.376 e. The zero-order valence-electron chi connectivity index (χ0n) is 12.1. The summed E-state index contributed by atoms with van der Waals surface area (Å²) in [7, 11) is 0. The Labute approximate surface area is 131 Å². The van der Waals surface area contributed by atoms with E-state index in [1.807, 2.05) is 6.07 Å². The number of benzene rings is 1. The van der Waals surface area contributed by atoms with Crippen molar-refractivity contribution < 1.29 is 4.74 Å². The Hall–Kier alpha value is -1.92. The van der Waals surface area contributed by atoms with Crippen molar-refractivity contribution in [3.8, 4) is 0 Å². The summed E-state index contributed by atoms with van der Waals surface area (Å²) in [6.07, 6.45) is 0.955. The molecule has 3 aromatic rings. The minimum Gasteiger partial charge on any atom is -0.376 e. The minimum atomic E-state index is 0.494. The zero-order chi connectivity index (χ0) is 14.5. The van der Waals surface area contributed by atoms with Crippen molar-refractivity contribution in [1.29, 1.82) is 0 Å². The molecule has 5 rings (SSSR count). The highest BCUT2D eigenvalue weighted by Crippen LogP contribution is 2.37. The summed E-state index contributed by atoms with van der Waals surface area (Å²) in [4.78, 5) is 7.08. The number of hydrogen-bond acceptors (Lipinski definition) is 5. The fraction of sp³-hybridized carbons (Fsp3) is 0.375. The van der Waals surface area contributed by atoms with Gasteiger partial charge in [0.05, 0.1) is 29.1 Å². The Morgan fingerprint density at radius 3 is 3.09 bits per heavy atom. The molecule has 5 nitrogen and oxygen atoms in total. The number of ether oxygens (including phenoxy) is 1. The van der Waals surface area contributed by atoms with Crippen LogP contribution in [0.15, 0.2) is 24.3 Å². The van der Waals surface area contributed by atoms with Crippen LogP contribution in [0.3, 0.4) is 0 Å². The normalized spacial score (nSPS) is 18.5. The Morgan fingerprint density at radius 1 is 1.27 bits per heavy atom. The second kappa shape index (κ2) is 4.79. The van der Waals surface area contributed by atoms with E-state index in [0.717, 1.165) is 36.8 Å². The van der Waals surface area contributed by atoms with Gasteiger partial charge in [-0.2, -0.15) is 5.10 Å². The van der Waals surface area contributed by atoms with Gasteiger partial charge >= 0.3 is 0 Å². The molecule has 0 atom stereocenters. The van der Waals surface area contributed by atoms with Gasteiger partial charge in [0.2, 0.25) is 0 Å². The van der Waals surface area contributed by atoms with E-state index >= 15 is 0 Å². The van der Waals surface area contributed by atoms with Crippen molar-refractivity contribution >= 4 is 26.7 Å². The van der Waals surface area contributed by atoms with Gasteiger partial charge in [-0.25, -0.2) is 4.98 Å². The molecule has 0 amide bonds. The molecule has 1 saturated heterocycles. The monoisotopic (exact) mass is 312 g/mol. The Morgan fingerprint density at radius 2 is 2.18 bits per heavy atom. The van der Waals surface area contributed by atoms with Crippen LogP contribution in [0.1, 0.15) is 22.9 Å². The first-order chi connectivity index (χ1) is 10.9. The first-order valence-electron chi connectivity index (χ1n) is 7.63. The third-order valence-electron chi connectivity index (χ3n) is 4.55. The minimum absolute atomic E-state index is 0.494. The van der Waals surface area contributed by atoms with E-state index in [0.29, 0.717) is 12.5 Å². The van der Waals surface area contributed by atoms with Crippen molar-refractivity contribution in [3.63, 3.8) is 0 Å². The Balaban J connectivity index is 1.37. The maximum absolute atomic E-state index is 5.58. The lowest BCUT2D eigenvalue weighted by atomic mass is 9.92. The number of nitrogens with zero attached hydrogens (tertiary/aromatic N) is 3. The quantitative estimate of drug-likeness (QED) is 0.790. The molecule has 0 unspecified atom stereocenters. The number of anilines is 1. The van der Waals surface area contributed by atoms with Crippen LogP contribution in [0.25, 0.3) is 10.2 Å². The first-order valence-corrected chi connectivity index (χ1v) is 8.44. The van der Waals surface area contributed by atoms with Crippen LogP contribution in [-0.2, 0) is 17.8 Å². The molecular formula is C16H16N4OS.